The minimum absolute atomic E-state index is 0.0298. The molecule has 1 saturated heterocycles. The number of nitrogens with zero attached hydrogens (tertiary/aromatic N) is 5. The zero-order valence-corrected chi connectivity index (χ0v) is 15.0. The van der Waals surface area contributed by atoms with Crippen LogP contribution in [-0.2, 0) is 0 Å². The maximum absolute atomic E-state index is 12.9. The third-order valence-corrected chi connectivity index (χ3v) is 4.97. The van der Waals surface area contributed by atoms with E-state index in [9.17, 15) is 4.79 Å². The van der Waals surface area contributed by atoms with Crippen LogP contribution >= 0.6 is 0 Å². The number of aryl methyl sites for hydroxylation is 1. The summed E-state index contributed by atoms with van der Waals surface area (Å²) in [5.74, 6) is 0.874. The Hall–Kier alpha value is -3.46. The predicted molar refractivity (Wildman–Crippen MR) is 101 cm³/mol. The fourth-order valence-corrected chi connectivity index (χ4v) is 3.66. The number of carbonyl (C=O) groups is 1. The van der Waals surface area contributed by atoms with E-state index >= 15 is 0 Å². The molecule has 134 valence electrons. The van der Waals surface area contributed by atoms with Gasteiger partial charge in [0.05, 0.1) is 17.7 Å². The summed E-state index contributed by atoms with van der Waals surface area (Å²) < 4.78 is 2.22. The second-order valence-corrected chi connectivity index (χ2v) is 6.72. The molecule has 0 bridgehead atoms. The molecule has 1 aromatic carbocycles. The Morgan fingerprint density at radius 3 is 2.85 bits per heavy atom. The molecule has 1 amide bonds. The summed E-state index contributed by atoms with van der Waals surface area (Å²) in [7, 11) is 0. The largest absolute Gasteiger partial charge is 0.336 e. The Morgan fingerprint density at radius 2 is 2.07 bits per heavy atom. The van der Waals surface area contributed by atoms with E-state index in [0.717, 1.165) is 23.5 Å². The molecular formula is C21H19N5O. The predicted octanol–water partition coefficient (Wildman–Crippen LogP) is 3.21. The lowest BCUT2D eigenvalue weighted by Crippen LogP contribution is -2.29. The van der Waals surface area contributed by atoms with E-state index in [1.807, 2.05) is 30.2 Å². The van der Waals surface area contributed by atoms with Gasteiger partial charge in [0.25, 0.3) is 5.91 Å². The summed E-state index contributed by atoms with van der Waals surface area (Å²) in [6.45, 7) is 3.36. The average molecular weight is 357 g/mol. The molecule has 2 aromatic heterocycles. The molecule has 3 aromatic rings. The molecule has 0 spiro atoms. The molecule has 3 heterocycles. The standard InChI is InChI=1S/C21H19N5O/c1-15-13-24-20(17-5-8-23-9-6-17)26(15)19-7-10-25(14-19)21(27)18-4-2-3-16(11-18)12-22/h2-6,8-9,11,13,19H,7,10,14H2,1H3. The van der Waals surface area contributed by atoms with E-state index in [2.05, 4.69) is 20.6 Å². The van der Waals surface area contributed by atoms with Crippen molar-refractivity contribution in [2.24, 2.45) is 0 Å². The number of carbonyl (C=O) groups excluding carboxylic acids is 1. The van der Waals surface area contributed by atoms with Crippen molar-refractivity contribution < 1.29 is 4.79 Å². The maximum atomic E-state index is 12.9. The molecule has 27 heavy (non-hydrogen) atoms. The van der Waals surface area contributed by atoms with Crippen LogP contribution in [0.4, 0.5) is 0 Å². The number of pyridine rings is 1. The third-order valence-electron chi connectivity index (χ3n) is 4.97. The number of benzene rings is 1. The minimum Gasteiger partial charge on any atom is -0.336 e. The van der Waals surface area contributed by atoms with Crippen LogP contribution in [0.2, 0.25) is 0 Å². The molecule has 6 nitrogen and oxygen atoms in total. The van der Waals surface area contributed by atoms with Crippen LogP contribution in [0.25, 0.3) is 11.4 Å². The van der Waals surface area contributed by atoms with Crippen molar-refractivity contribution in [2.75, 3.05) is 13.1 Å². The van der Waals surface area contributed by atoms with Crippen molar-refractivity contribution in [2.45, 2.75) is 19.4 Å². The Labute approximate surface area is 157 Å². The van der Waals surface area contributed by atoms with E-state index in [1.54, 1.807) is 36.7 Å². The fraction of sp³-hybridized carbons (Fsp3) is 0.238. The minimum atomic E-state index is -0.0298. The Bertz CT molecular complexity index is 1020. The van der Waals surface area contributed by atoms with Crippen LogP contribution in [0.3, 0.4) is 0 Å². The van der Waals surface area contributed by atoms with Crippen LogP contribution < -0.4 is 0 Å². The molecule has 0 saturated carbocycles. The maximum Gasteiger partial charge on any atom is 0.253 e. The van der Waals surface area contributed by atoms with Gasteiger partial charge in [-0.1, -0.05) is 6.07 Å². The first-order valence-electron chi connectivity index (χ1n) is 8.91. The molecule has 4 rings (SSSR count). The third kappa shape index (κ3) is 3.20. The van der Waals surface area contributed by atoms with Gasteiger partial charge in [0.2, 0.25) is 0 Å². The first kappa shape index (κ1) is 17.0. The van der Waals surface area contributed by atoms with Crippen molar-refractivity contribution >= 4 is 5.91 Å². The van der Waals surface area contributed by atoms with Crippen LogP contribution in [0.5, 0.6) is 0 Å². The highest BCUT2D eigenvalue weighted by molar-refractivity contribution is 5.94. The van der Waals surface area contributed by atoms with Gasteiger partial charge in [0, 0.05) is 48.5 Å². The molecule has 1 atom stereocenters. The van der Waals surface area contributed by atoms with Gasteiger partial charge >= 0.3 is 0 Å². The Kier molecular flexibility index (Phi) is 4.43. The molecule has 0 aliphatic carbocycles. The highest BCUT2D eigenvalue weighted by Crippen LogP contribution is 2.30. The Morgan fingerprint density at radius 1 is 1.26 bits per heavy atom. The highest BCUT2D eigenvalue weighted by Gasteiger charge is 2.30. The molecule has 1 aliphatic heterocycles. The second-order valence-electron chi connectivity index (χ2n) is 6.72. The van der Waals surface area contributed by atoms with E-state index < -0.39 is 0 Å². The van der Waals surface area contributed by atoms with Crippen molar-refractivity contribution in [1.29, 1.82) is 5.26 Å². The molecule has 0 N–H and O–H groups in total. The summed E-state index contributed by atoms with van der Waals surface area (Å²) in [5.41, 5.74) is 3.16. The van der Waals surface area contributed by atoms with Gasteiger partial charge in [-0.25, -0.2) is 4.98 Å². The Balaban J connectivity index is 1.58. The van der Waals surface area contributed by atoms with E-state index in [1.165, 1.54) is 0 Å². The lowest BCUT2D eigenvalue weighted by atomic mass is 10.1. The average Bonchev–Trinajstić information content (AvgIpc) is 3.34. The number of aromatic nitrogens is 3. The van der Waals surface area contributed by atoms with Crippen LogP contribution in [0, 0.1) is 18.3 Å². The van der Waals surface area contributed by atoms with Gasteiger partial charge in [-0.3, -0.25) is 9.78 Å². The molecule has 0 radical (unpaired) electrons. The van der Waals surface area contributed by atoms with E-state index in [0.29, 0.717) is 24.2 Å². The zero-order chi connectivity index (χ0) is 18.8. The van der Waals surface area contributed by atoms with Gasteiger partial charge in [0.1, 0.15) is 5.82 Å². The van der Waals surface area contributed by atoms with Gasteiger partial charge in [-0.15, -0.1) is 0 Å². The molecule has 1 fully saturated rings. The summed E-state index contributed by atoms with van der Waals surface area (Å²) in [6, 6.07) is 13.0. The molecule has 1 unspecified atom stereocenters. The molecule has 6 heteroatoms. The summed E-state index contributed by atoms with van der Waals surface area (Å²) >= 11 is 0. The smallest absolute Gasteiger partial charge is 0.253 e. The van der Waals surface area contributed by atoms with Gasteiger partial charge in [-0.05, 0) is 43.7 Å². The van der Waals surface area contributed by atoms with Gasteiger partial charge < -0.3 is 9.47 Å². The fourth-order valence-electron chi connectivity index (χ4n) is 3.66. The number of hydrogen-bond donors (Lipinski definition) is 0. The van der Waals surface area contributed by atoms with E-state index in [4.69, 9.17) is 5.26 Å². The lowest BCUT2D eigenvalue weighted by Gasteiger charge is -2.20. The number of rotatable bonds is 3. The summed E-state index contributed by atoms with van der Waals surface area (Å²) in [6.07, 6.45) is 6.27. The monoisotopic (exact) mass is 357 g/mol. The number of likely N-dealkylation sites (tertiary alicyclic amines) is 1. The first-order valence-corrected chi connectivity index (χ1v) is 8.91. The quantitative estimate of drug-likeness (QED) is 0.721. The number of nitriles is 1. The van der Waals surface area contributed by atoms with Crippen LogP contribution in [0.15, 0.2) is 55.0 Å². The SMILES string of the molecule is Cc1cnc(-c2ccncc2)n1C1CCN(C(=O)c2cccc(C#N)c2)C1. The van der Waals surface area contributed by atoms with Crippen molar-refractivity contribution in [3.8, 4) is 17.5 Å². The zero-order valence-electron chi connectivity index (χ0n) is 15.0. The topological polar surface area (TPSA) is 74.8 Å². The van der Waals surface area contributed by atoms with E-state index in [-0.39, 0.29) is 11.9 Å². The van der Waals surface area contributed by atoms with Crippen LogP contribution in [0.1, 0.15) is 34.1 Å². The number of amides is 1. The second kappa shape index (κ2) is 7.04. The van der Waals surface area contributed by atoms with Gasteiger partial charge in [-0.2, -0.15) is 5.26 Å². The first-order chi connectivity index (χ1) is 13.2. The number of hydrogen-bond acceptors (Lipinski definition) is 4. The summed E-state index contributed by atoms with van der Waals surface area (Å²) in [5, 5.41) is 9.06. The normalized spacial score (nSPS) is 16.3. The number of imidazole rings is 1. The van der Waals surface area contributed by atoms with Gasteiger partial charge in [0.15, 0.2) is 0 Å². The van der Waals surface area contributed by atoms with Crippen molar-refractivity contribution in [1.82, 2.24) is 19.4 Å². The summed E-state index contributed by atoms with van der Waals surface area (Å²) in [4.78, 5) is 23.4. The highest BCUT2D eigenvalue weighted by atomic mass is 16.2. The molecule has 1 aliphatic rings. The molecular weight excluding hydrogens is 338 g/mol. The van der Waals surface area contributed by atoms with Crippen LogP contribution in [-0.4, -0.2) is 38.4 Å². The van der Waals surface area contributed by atoms with Crippen molar-refractivity contribution in [3.63, 3.8) is 0 Å². The van der Waals surface area contributed by atoms with Crippen molar-refractivity contribution in [3.05, 3.63) is 71.8 Å². The lowest BCUT2D eigenvalue weighted by molar-refractivity contribution is 0.0787.